The third-order valence-electron chi connectivity index (χ3n) is 5.92. The maximum atomic E-state index is 12.1. The average molecular weight is 397 g/mol. The highest BCUT2D eigenvalue weighted by molar-refractivity contribution is 6.99. The molecule has 0 heterocycles. The molecule has 0 unspecified atom stereocenters. The molecule has 1 fully saturated rings. The summed E-state index contributed by atoms with van der Waals surface area (Å²) in [7, 11) is -1.08. The van der Waals surface area contributed by atoms with Gasteiger partial charge in [-0.2, -0.15) is 0 Å². The second kappa shape index (κ2) is 8.62. The fourth-order valence-corrected chi connectivity index (χ4v) is 9.30. The summed E-state index contributed by atoms with van der Waals surface area (Å²) < 4.78 is 12.2. The van der Waals surface area contributed by atoms with E-state index in [-0.39, 0.29) is 23.0 Å². The van der Waals surface area contributed by atoms with Crippen LogP contribution >= 0.6 is 0 Å². The fraction of sp³-hybridized carbons (Fsp3) is 0.458. The molecule has 2 atom stereocenters. The Kier molecular flexibility index (Phi) is 6.41. The Morgan fingerprint density at radius 1 is 0.929 bits per heavy atom. The molecule has 28 heavy (non-hydrogen) atoms. The van der Waals surface area contributed by atoms with Gasteiger partial charge in [-0.25, -0.2) is 0 Å². The van der Waals surface area contributed by atoms with Crippen LogP contribution in [0.2, 0.25) is 5.04 Å². The second-order valence-electron chi connectivity index (χ2n) is 8.79. The number of carbonyl (C=O) groups excluding carboxylic acids is 1. The minimum absolute atomic E-state index is 0.0477. The topological polar surface area (TPSA) is 35.5 Å². The van der Waals surface area contributed by atoms with Crippen molar-refractivity contribution in [3.63, 3.8) is 0 Å². The minimum Gasteiger partial charge on any atom is -0.469 e. The zero-order valence-electron chi connectivity index (χ0n) is 17.5. The van der Waals surface area contributed by atoms with Crippen molar-refractivity contribution in [3.05, 3.63) is 60.7 Å². The molecule has 1 saturated carbocycles. The molecule has 0 aliphatic heterocycles. The normalized spacial score (nSPS) is 20.6. The lowest BCUT2D eigenvalue weighted by Gasteiger charge is -2.46. The van der Waals surface area contributed by atoms with Gasteiger partial charge in [0, 0.05) is 6.10 Å². The Bertz CT molecular complexity index is 728. The summed E-state index contributed by atoms with van der Waals surface area (Å²) in [6, 6.07) is 21.4. The van der Waals surface area contributed by atoms with Gasteiger partial charge in [0.15, 0.2) is 0 Å². The molecule has 0 bridgehead atoms. The van der Waals surface area contributed by atoms with Crippen LogP contribution < -0.4 is 10.4 Å². The number of rotatable bonds is 5. The van der Waals surface area contributed by atoms with Crippen LogP contribution in [0, 0.1) is 5.92 Å². The number of carbonyl (C=O) groups is 1. The Hall–Kier alpha value is -1.91. The fourth-order valence-electron chi connectivity index (χ4n) is 4.57. The predicted octanol–water partition coefficient (Wildman–Crippen LogP) is 4.29. The van der Waals surface area contributed by atoms with E-state index in [4.69, 9.17) is 9.16 Å². The van der Waals surface area contributed by atoms with E-state index in [1.54, 1.807) is 0 Å². The molecule has 1 aliphatic rings. The molecule has 3 rings (SSSR count). The van der Waals surface area contributed by atoms with E-state index in [0.29, 0.717) is 0 Å². The zero-order chi connectivity index (χ0) is 20.2. The van der Waals surface area contributed by atoms with E-state index in [2.05, 4.69) is 81.4 Å². The van der Waals surface area contributed by atoms with E-state index < -0.39 is 8.32 Å². The lowest BCUT2D eigenvalue weighted by atomic mass is 9.87. The van der Waals surface area contributed by atoms with Crippen LogP contribution in [-0.4, -0.2) is 27.5 Å². The van der Waals surface area contributed by atoms with Gasteiger partial charge >= 0.3 is 5.97 Å². The smallest absolute Gasteiger partial charge is 0.308 e. The van der Waals surface area contributed by atoms with Gasteiger partial charge in [0.1, 0.15) is 0 Å². The van der Waals surface area contributed by atoms with Gasteiger partial charge in [-0.15, -0.1) is 0 Å². The largest absolute Gasteiger partial charge is 0.469 e. The van der Waals surface area contributed by atoms with Crippen molar-refractivity contribution in [2.75, 3.05) is 7.11 Å². The summed E-state index contributed by atoms with van der Waals surface area (Å²) in [5.41, 5.74) is 0. The van der Waals surface area contributed by atoms with Gasteiger partial charge in [0.2, 0.25) is 0 Å². The molecule has 3 nitrogen and oxygen atoms in total. The molecule has 0 spiro atoms. The Balaban J connectivity index is 2.05. The van der Waals surface area contributed by atoms with Crippen LogP contribution in [0.1, 0.15) is 46.5 Å². The number of ether oxygens (including phenoxy) is 1. The van der Waals surface area contributed by atoms with Crippen molar-refractivity contribution in [2.24, 2.45) is 5.92 Å². The van der Waals surface area contributed by atoms with Crippen molar-refractivity contribution in [2.45, 2.75) is 57.6 Å². The Morgan fingerprint density at radius 2 is 1.46 bits per heavy atom. The number of hydrogen-bond donors (Lipinski definition) is 0. The highest BCUT2D eigenvalue weighted by atomic mass is 28.4. The average Bonchev–Trinajstić information content (AvgIpc) is 2.72. The maximum absolute atomic E-state index is 12.1. The zero-order valence-corrected chi connectivity index (χ0v) is 18.5. The first kappa shape index (κ1) is 20.8. The summed E-state index contributed by atoms with van der Waals surface area (Å²) >= 11 is 0. The summed E-state index contributed by atoms with van der Waals surface area (Å²) in [5.74, 6) is -0.155. The van der Waals surface area contributed by atoms with E-state index in [9.17, 15) is 4.79 Å². The van der Waals surface area contributed by atoms with Crippen LogP contribution in [0.15, 0.2) is 60.7 Å². The molecule has 0 amide bonds. The number of methoxy groups -OCH3 is 1. The van der Waals surface area contributed by atoms with Crippen molar-refractivity contribution < 1.29 is 14.0 Å². The number of benzene rings is 2. The molecular formula is C24H32O3Si. The molecular weight excluding hydrogens is 364 g/mol. The van der Waals surface area contributed by atoms with Crippen LogP contribution in [-0.2, 0) is 14.0 Å². The Labute approximate surface area is 170 Å². The number of esters is 1. The van der Waals surface area contributed by atoms with Crippen LogP contribution in [0.3, 0.4) is 0 Å². The summed E-state index contributed by atoms with van der Waals surface area (Å²) in [6.45, 7) is 6.87. The standard InChI is InChI=1S/C24H32O3Si/c1-24(2,3)28(21-14-7-5-8-15-21,22-16-9-6-10-17-22)27-20-13-11-12-19(18-20)23(25)26-4/h5-10,14-17,19-20H,11-13,18H2,1-4H3/t19-,20+/m1/s1. The van der Waals surface area contributed by atoms with Gasteiger partial charge in [0.25, 0.3) is 8.32 Å². The lowest BCUT2D eigenvalue weighted by Crippen LogP contribution is -2.68. The van der Waals surface area contributed by atoms with Crippen LogP contribution in [0.4, 0.5) is 0 Å². The first-order valence-corrected chi connectivity index (χ1v) is 12.2. The molecule has 1 aliphatic carbocycles. The molecule has 2 aromatic carbocycles. The maximum Gasteiger partial charge on any atom is 0.308 e. The first-order chi connectivity index (χ1) is 13.4. The van der Waals surface area contributed by atoms with Gasteiger partial charge in [-0.05, 0) is 34.7 Å². The van der Waals surface area contributed by atoms with Crippen LogP contribution in [0.5, 0.6) is 0 Å². The van der Waals surface area contributed by atoms with E-state index in [1.807, 2.05) is 0 Å². The van der Waals surface area contributed by atoms with Crippen molar-refractivity contribution in [1.82, 2.24) is 0 Å². The molecule has 0 N–H and O–H groups in total. The quantitative estimate of drug-likeness (QED) is 0.558. The van der Waals surface area contributed by atoms with E-state index in [1.165, 1.54) is 17.5 Å². The second-order valence-corrected chi connectivity index (χ2v) is 13.0. The van der Waals surface area contributed by atoms with Crippen LogP contribution in [0.25, 0.3) is 0 Å². The van der Waals surface area contributed by atoms with E-state index >= 15 is 0 Å². The molecule has 0 radical (unpaired) electrons. The SMILES string of the molecule is COC(=O)[C@@H]1CCC[C@H](O[Si](c2ccccc2)(c2ccccc2)C(C)(C)C)C1. The lowest BCUT2D eigenvalue weighted by molar-refractivity contribution is -0.147. The summed E-state index contributed by atoms with van der Waals surface area (Å²) in [6.07, 6.45) is 3.72. The first-order valence-electron chi connectivity index (χ1n) is 10.2. The van der Waals surface area contributed by atoms with Gasteiger partial charge in [0.05, 0.1) is 13.0 Å². The summed E-state index contributed by atoms with van der Waals surface area (Å²) in [4.78, 5) is 12.1. The predicted molar refractivity (Wildman–Crippen MR) is 116 cm³/mol. The van der Waals surface area contributed by atoms with Gasteiger partial charge in [-0.1, -0.05) is 87.9 Å². The third kappa shape index (κ3) is 4.08. The van der Waals surface area contributed by atoms with E-state index in [0.717, 1.165) is 25.7 Å². The molecule has 4 heteroatoms. The monoisotopic (exact) mass is 396 g/mol. The van der Waals surface area contributed by atoms with Gasteiger partial charge in [-0.3, -0.25) is 4.79 Å². The summed E-state index contributed by atoms with van der Waals surface area (Å²) in [5, 5.41) is 2.52. The Morgan fingerprint density at radius 3 is 1.93 bits per heavy atom. The highest BCUT2D eigenvalue weighted by Gasteiger charge is 2.51. The van der Waals surface area contributed by atoms with Crippen molar-refractivity contribution in [1.29, 1.82) is 0 Å². The number of hydrogen-bond acceptors (Lipinski definition) is 3. The highest BCUT2D eigenvalue weighted by Crippen LogP contribution is 2.40. The molecule has 0 saturated heterocycles. The minimum atomic E-state index is -2.56. The third-order valence-corrected chi connectivity index (χ3v) is 11.0. The van der Waals surface area contributed by atoms with Crippen molar-refractivity contribution in [3.8, 4) is 0 Å². The molecule has 0 aromatic heterocycles. The molecule has 2 aromatic rings. The molecule has 150 valence electrons. The van der Waals surface area contributed by atoms with Gasteiger partial charge < -0.3 is 9.16 Å². The van der Waals surface area contributed by atoms with Crippen molar-refractivity contribution >= 4 is 24.7 Å².